The van der Waals surface area contributed by atoms with Gasteiger partial charge in [-0.2, -0.15) is 0 Å². The van der Waals surface area contributed by atoms with Crippen molar-refractivity contribution in [2.24, 2.45) is 0 Å². The third-order valence-corrected chi connectivity index (χ3v) is 2.22. The van der Waals surface area contributed by atoms with Gasteiger partial charge < -0.3 is 11.1 Å². The maximum Gasteiger partial charge on any atom is 0.144 e. The van der Waals surface area contributed by atoms with Crippen LogP contribution in [0.25, 0.3) is 0 Å². The lowest BCUT2D eigenvalue weighted by atomic mass is 10.2. The Hall–Kier alpha value is -0.960. The van der Waals surface area contributed by atoms with Crippen molar-refractivity contribution in [3.05, 3.63) is 17.3 Å². The molecule has 0 amide bonds. The first kappa shape index (κ1) is 11.1. The van der Waals surface area contributed by atoms with Gasteiger partial charge >= 0.3 is 0 Å². The molecular weight excluding hydrogens is 198 g/mol. The molecule has 0 spiro atoms. The molecule has 3 nitrogen and oxygen atoms in total. The first-order valence-corrected chi connectivity index (χ1v) is 5.26. The molecule has 0 saturated carbocycles. The van der Waals surface area contributed by atoms with Gasteiger partial charge in [0, 0.05) is 6.54 Å². The van der Waals surface area contributed by atoms with Gasteiger partial charge in [0.1, 0.15) is 5.82 Å². The van der Waals surface area contributed by atoms with Gasteiger partial charge in [0.25, 0.3) is 0 Å². The van der Waals surface area contributed by atoms with Crippen LogP contribution in [0.1, 0.15) is 26.2 Å². The van der Waals surface area contributed by atoms with Crippen molar-refractivity contribution in [3.63, 3.8) is 0 Å². The van der Waals surface area contributed by atoms with Crippen molar-refractivity contribution in [2.75, 3.05) is 17.6 Å². The lowest BCUT2D eigenvalue weighted by Gasteiger charge is -2.06. The molecular formula is C10H16ClN3. The van der Waals surface area contributed by atoms with Crippen LogP contribution < -0.4 is 11.1 Å². The average Bonchev–Trinajstić information content (AvgIpc) is 2.15. The minimum Gasteiger partial charge on any atom is -0.397 e. The number of nitrogen functional groups attached to an aromatic ring is 1. The van der Waals surface area contributed by atoms with Gasteiger partial charge in [0.15, 0.2) is 0 Å². The van der Waals surface area contributed by atoms with Gasteiger partial charge in [0.2, 0.25) is 0 Å². The van der Waals surface area contributed by atoms with Crippen LogP contribution in [0.3, 0.4) is 0 Å². The van der Waals surface area contributed by atoms with Crippen molar-refractivity contribution >= 4 is 23.1 Å². The molecule has 0 aliphatic rings. The fourth-order valence-electron chi connectivity index (χ4n) is 1.16. The van der Waals surface area contributed by atoms with E-state index in [2.05, 4.69) is 17.2 Å². The van der Waals surface area contributed by atoms with E-state index in [0.717, 1.165) is 18.8 Å². The first-order valence-electron chi connectivity index (χ1n) is 4.89. The summed E-state index contributed by atoms with van der Waals surface area (Å²) >= 11 is 5.94. The molecule has 14 heavy (non-hydrogen) atoms. The number of rotatable bonds is 5. The van der Waals surface area contributed by atoms with E-state index in [1.807, 2.05) is 0 Å². The molecule has 0 aliphatic carbocycles. The third-order valence-electron chi connectivity index (χ3n) is 1.94. The Balaban J connectivity index is 2.42. The number of hydrogen-bond acceptors (Lipinski definition) is 3. The number of halogens is 1. The summed E-state index contributed by atoms with van der Waals surface area (Å²) in [5.41, 5.74) is 6.12. The van der Waals surface area contributed by atoms with Crippen LogP contribution in [0, 0.1) is 0 Å². The third kappa shape index (κ3) is 3.42. The largest absolute Gasteiger partial charge is 0.397 e. The van der Waals surface area contributed by atoms with E-state index in [-0.39, 0.29) is 0 Å². The van der Waals surface area contributed by atoms with E-state index in [9.17, 15) is 0 Å². The molecule has 78 valence electrons. The molecule has 0 radical (unpaired) electrons. The van der Waals surface area contributed by atoms with Crippen molar-refractivity contribution in [1.82, 2.24) is 4.98 Å². The van der Waals surface area contributed by atoms with E-state index in [1.54, 1.807) is 12.3 Å². The number of pyridine rings is 1. The Morgan fingerprint density at radius 1 is 1.50 bits per heavy atom. The van der Waals surface area contributed by atoms with Crippen LogP contribution in [0.4, 0.5) is 11.5 Å². The highest BCUT2D eigenvalue weighted by Crippen LogP contribution is 2.20. The summed E-state index contributed by atoms with van der Waals surface area (Å²) in [5, 5.41) is 3.76. The van der Waals surface area contributed by atoms with E-state index in [4.69, 9.17) is 17.3 Å². The number of nitrogens with two attached hydrogens (primary N) is 1. The Morgan fingerprint density at radius 2 is 2.29 bits per heavy atom. The van der Waals surface area contributed by atoms with Gasteiger partial charge in [-0.1, -0.05) is 31.4 Å². The van der Waals surface area contributed by atoms with Crippen LogP contribution in [-0.2, 0) is 0 Å². The molecule has 0 atom stereocenters. The molecule has 3 N–H and O–H groups in total. The summed E-state index contributed by atoms with van der Waals surface area (Å²) in [6, 6.07) is 1.71. The zero-order chi connectivity index (χ0) is 10.4. The Labute approximate surface area is 89.7 Å². The topological polar surface area (TPSA) is 50.9 Å². The highest BCUT2D eigenvalue weighted by molar-refractivity contribution is 6.33. The smallest absolute Gasteiger partial charge is 0.144 e. The summed E-state index contributed by atoms with van der Waals surface area (Å²) in [6.07, 6.45) is 5.18. The second-order valence-corrected chi connectivity index (χ2v) is 3.64. The Morgan fingerprint density at radius 3 is 2.93 bits per heavy atom. The normalized spacial score (nSPS) is 10.1. The number of unbranched alkanes of at least 4 members (excludes halogenated alkanes) is 2. The molecule has 1 aromatic rings. The first-order chi connectivity index (χ1) is 6.74. The molecule has 1 rings (SSSR count). The van der Waals surface area contributed by atoms with Crippen LogP contribution in [0.15, 0.2) is 12.3 Å². The average molecular weight is 214 g/mol. The fraction of sp³-hybridized carbons (Fsp3) is 0.500. The summed E-state index contributed by atoms with van der Waals surface area (Å²) < 4.78 is 0. The number of nitrogens with zero attached hydrogens (tertiary/aromatic N) is 1. The highest BCUT2D eigenvalue weighted by atomic mass is 35.5. The van der Waals surface area contributed by atoms with Crippen LogP contribution in [0.5, 0.6) is 0 Å². The minimum absolute atomic E-state index is 0.585. The van der Waals surface area contributed by atoms with E-state index in [0.29, 0.717) is 10.7 Å². The number of anilines is 2. The molecule has 0 fully saturated rings. The van der Waals surface area contributed by atoms with Crippen LogP contribution >= 0.6 is 11.6 Å². The van der Waals surface area contributed by atoms with E-state index < -0.39 is 0 Å². The fourth-order valence-corrected chi connectivity index (χ4v) is 1.41. The van der Waals surface area contributed by atoms with Gasteiger partial charge in [-0.3, -0.25) is 0 Å². The maximum absolute atomic E-state index is 5.94. The number of hydrogen-bond donors (Lipinski definition) is 2. The van der Waals surface area contributed by atoms with Gasteiger partial charge in [0.05, 0.1) is 16.9 Å². The quantitative estimate of drug-likeness (QED) is 0.740. The van der Waals surface area contributed by atoms with Crippen molar-refractivity contribution in [2.45, 2.75) is 26.2 Å². The standard InChI is InChI=1S/C10H16ClN3/c1-2-3-4-5-13-10-9(11)6-8(12)7-14-10/h6-7H,2-5,12H2,1H3,(H,13,14). The van der Waals surface area contributed by atoms with Crippen LogP contribution in [0.2, 0.25) is 5.02 Å². The predicted octanol–water partition coefficient (Wildman–Crippen LogP) is 2.92. The zero-order valence-corrected chi connectivity index (χ0v) is 9.14. The SMILES string of the molecule is CCCCCNc1ncc(N)cc1Cl. The molecule has 1 heterocycles. The summed E-state index contributed by atoms with van der Waals surface area (Å²) in [6.45, 7) is 3.08. The molecule has 0 aliphatic heterocycles. The second-order valence-electron chi connectivity index (χ2n) is 3.23. The van der Waals surface area contributed by atoms with Crippen molar-refractivity contribution in [3.8, 4) is 0 Å². The summed E-state index contributed by atoms with van der Waals surface area (Å²) in [5.74, 6) is 0.719. The minimum atomic E-state index is 0.585. The molecule has 0 aromatic carbocycles. The lowest BCUT2D eigenvalue weighted by Crippen LogP contribution is -2.04. The monoisotopic (exact) mass is 213 g/mol. The Bertz CT molecular complexity index is 289. The van der Waals surface area contributed by atoms with Crippen LogP contribution in [-0.4, -0.2) is 11.5 Å². The van der Waals surface area contributed by atoms with Gasteiger partial charge in [-0.05, 0) is 12.5 Å². The van der Waals surface area contributed by atoms with Crippen molar-refractivity contribution in [1.29, 1.82) is 0 Å². The molecule has 0 bridgehead atoms. The molecule has 0 saturated heterocycles. The lowest BCUT2D eigenvalue weighted by molar-refractivity contribution is 0.742. The molecule has 1 aromatic heterocycles. The molecule has 0 unspecified atom stereocenters. The molecule has 4 heteroatoms. The van der Waals surface area contributed by atoms with Gasteiger partial charge in [-0.25, -0.2) is 4.98 Å². The van der Waals surface area contributed by atoms with E-state index >= 15 is 0 Å². The maximum atomic E-state index is 5.94. The number of nitrogens with one attached hydrogen (secondary N) is 1. The zero-order valence-electron chi connectivity index (χ0n) is 8.39. The highest BCUT2D eigenvalue weighted by Gasteiger charge is 2.00. The van der Waals surface area contributed by atoms with Crippen molar-refractivity contribution < 1.29 is 0 Å². The summed E-state index contributed by atoms with van der Waals surface area (Å²) in [7, 11) is 0. The van der Waals surface area contributed by atoms with Gasteiger partial charge in [-0.15, -0.1) is 0 Å². The predicted molar refractivity (Wildman–Crippen MR) is 61.7 cm³/mol. The number of aromatic nitrogens is 1. The second kappa shape index (κ2) is 5.70. The summed E-state index contributed by atoms with van der Waals surface area (Å²) in [4.78, 5) is 4.11. The Kier molecular flexibility index (Phi) is 4.53. The van der Waals surface area contributed by atoms with E-state index in [1.165, 1.54) is 12.8 Å².